The number of thiophene rings is 1. The number of amides is 1. The summed E-state index contributed by atoms with van der Waals surface area (Å²) in [6.45, 7) is 3.01. The van der Waals surface area contributed by atoms with Crippen LogP contribution in [0, 0.1) is 6.92 Å². The van der Waals surface area contributed by atoms with E-state index in [2.05, 4.69) is 24.0 Å². The Morgan fingerprint density at radius 3 is 2.63 bits per heavy atom. The van der Waals surface area contributed by atoms with E-state index in [9.17, 15) is 4.79 Å². The van der Waals surface area contributed by atoms with Crippen LogP contribution in [0.15, 0.2) is 70.0 Å². The lowest BCUT2D eigenvalue weighted by Gasteiger charge is -2.20. The zero-order valence-electron chi connectivity index (χ0n) is 14.8. The summed E-state index contributed by atoms with van der Waals surface area (Å²) in [6.07, 6.45) is 1.63. The number of rotatable bonds is 6. The zero-order chi connectivity index (χ0) is 18.6. The molecular formula is C21H18N2O2S2. The van der Waals surface area contributed by atoms with Crippen molar-refractivity contribution in [3.05, 3.63) is 87.4 Å². The van der Waals surface area contributed by atoms with Gasteiger partial charge in [-0.25, -0.2) is 4.98 Å². The molecule has 0 aliphatic heterocycles. The van der Waals surface area contributed by atoms with Crippen LogP contribution in [0.1, 0.15) is 26.7 Å². The Labute approximate surface area is 165 Å². The summed E-state index contributed by atoms with van der Waals surface area (Å²) in [5.74, 6) is 0.670. The molecule has 3 aromatic heterocycles. The van der Waals surface area contributed by atoms with Gasteiger partial charge in [-0.05, 0) is 30.5 Å². The van der Waals surface area contributed by atoms with Gasteiger partial charge >= 0.3 is 0 Å². The minimum Gasteiger partial charge on any atom is -0.467 e. The SMILES string of the molecule is Cc1ccc(-c2nc(C(=O)N(Cc3ccco3)Cc3cccs3)cs2)cc1. The standard InChI is InChI=1S/C21H18N2O2S2/c1-15-6-8-16(9-7-15)20-22-19(14-27-20)21(24)23(12-17-4-2-10-25-17)13-18-5-3-11-26-18/h2-11,14H,12-13H2,1H3. The average molecular weight is 395 g/mol. The van der Waals surface area contributed by atoms with E-state index in [1.807, 2.05) is 47.2 Å². The Hall–Kier alpha value is -2.70. The highest BCUT2D eigenvalue weighted by molar-refractivity contribution is 7.13. The van der Waals surface area contributed by atoms with Crippen LogP contribution in [0.5, 0.6) is 0 Å². The third-order valence-electron chi connectivity index (χ3n) is 4.16. The molecule has 0 fully saturated rings. The van der Waals surface area contributed by atoms with Crippen LogP contribution in [-0.4, -0.2) is 15.8 Å². The molecule has 0 unspecified atom stereocenters. The molecule has 27 heavy (non-hydrogen) atoms. The molecule has 3 heterocycles. The molecule has 0 spiro atoms. The van der Waals surface area contributed by atoms with E-state index >= 15 is 0 Å². The van der Waals surface area contributed by atoms with Crippen molar-refractivity contribution in [1.29, 1.82) is 0 Å². The molecule has 4 nitrogen and oxygen atoms in total. The molecule has 4 aromatic rings. The molecule has 0 N–H and O–H groups in total. The zero-order valence-corrected chi connectivity index (χ0v) is 16.4. The van der Waals surface area contributed by atoms with Gasteiger partial charge in [0.25, 0.3) is 5.91 Å². The smallest absolute Gasteiger partial charge is 0.274 e. The first-order valence-corrected chi connectivity index (χ1v) is 10.3. The van der Waals surface area contributed by atoms with Crippen LogP contribution in [0.4, 0.5) is 0 Å². The first-order valence-electron chi connectivity index (χ1n) is 8.55. The first-order chi connectivity index (χ1) is 13.2. The van der Waals surface area contributed by atoms with Crippen LogP contribution in [0.3, 0.4) is 0 Å². The van der Waals surface area contributed by atoms with E-state index in [4.69, 9.17) is 4.42 Å². The van der Waals surface area contributed by atoms with Crippen LogP contribution >= 0.6 is 22.7 Å². The fourth-order valence-corrected chi connectivity index (χ4v) is 4.26. The molecule has 0 atom stereocenters. The van der Waals surface area contributed by atoms with E-state index in [1.54, 1.807) is 22.5 Å². The number of nitrogens with zero attached hydrogens (tertiary/aromatic N) is 2. The lowest BCUT2D eigenvalue weighted by Crippen LogP contribution is -2.30. The van der Waals surface area contributed by atoms with E-state index in [0.29, 0.717) is 18.8 Å². The maximum absolute atomic E-state index is 13.1. The highest BCUT2D eigenvalue weighted by atomic mass is 32.1. The highest BCUT2D eigenvalue weighted by Gasteiger charge is 2.21. The number of aryl methyl sites for hydroxylation is 1. The summed E-state index contributed by atoms with van der Waals surface area (Å²) in [7, 11) is 0. The number of benzene rings is 1. The van der Waals surface area contributed by atoms with Gasteiger partial charge in [0.2, 0.25) is 0 Å². The number of hydrogen-bond acceptors (Lipinski definition) is 5. The van der Waals surface area contributed by atoms with Crippen molar-refractivity contribution >= 4 is 28.6 Å². The Morgan fingerprint density at radius 1 is 1.07 bits per heavy atom. The first kappa shape index (κ1) is 17.7. The molecule has 1 aromatic carbocycles. The molecule has 0 bridgehead atoms. The van der Waals surface area contributed by atoms with E-state index in [-0.39, 0.29) is 5.91 Å². The molecule has 0 saturated heterocycles. The molecule has 0 aliphatic rings. The van der Waals surface area contributed by atoms with Crippen molar-refractivity contribution in [2.24, 2.45) is 0 Å². The van der Waals surface area contributed by atoms with Crippen LogP contribution in [0.25, 0.3) is 10.6 Å². The Morgan fingerprint density at radius 2 is 1.93 bits per heavy atom. The van der Waals surface area contributed by atoms with Crippen LogP contribution < -0.4 is 0 Å². The van der Waals surface area contributed by atoms with Crippen molar-refractivity contribution in [1.82, 2.24) is 9.88 Å². The maximum atomic E-state index is 13.1. The summed E-state index contributed by atoms with van der Waals surface area (Å²) < 4.78 is 5.45. The summed E-state index contributed by atoms with van der Waals surface area (Å²) in [5, 5.41) is 4.71. The summed E-state index contributed by atoms with van der Waals surface area (Å²) in [6, 6.07) is 15.9. The van der Waals surface area contributed by atoms with Crippen molar-refractivity contribution in [3.63, 3.8) is 0 Å². The normalized spacial score (nSPS) is 10.9. The molecule has 0 saturated carbocycles. The summed E-state index contributed by atoms with van der Waals surface area (Å²) in [4.78, 5) is 20.6. The lowest BCUT2D eigenvalue weighted by atomic mass is 10.2. The van der Waals surface area contributed by atoms with E-state index in [1.165, 1.54) is 16.9 Å². The van der Waals surface area contributed by atoms with Crippen LogP contribution in [0.2, 0.25) is 0 Å². The number of hydrogen-bond donors (Lipinski definition) is 0. The minimum absolute atomic E-state index is 0.0885. The Bertz CT molecular complexity index is 967. The van der Waals surface area contributed by atoms with E-state index < -0.39 is 0 Å². The molecule has 6 heteroatoms. The third-order valence-corrected chi connectivity index (χ3v) is 5.92. The van der Waals surface area contributed by atoms with Gasteiger partial charge in [-0.15, -0.1) is 22.7 Å². The van der Waals surface area contributed by atoms with Gasteiger partial charge in [0.05, 0.1) is 19.4 Å². The predicted molar refractivity (Wildman–Crippen MR) is 109 cm³/mol. The molecule has 0 radical (unpaired) electrons. The molecule has 1 amide bonds. The van der Waals surface area contributed by atoms with Crippen molar-refractivity contribution in [2.45, 2.75) is 20.0 Å². The number of furan rings is 1. The highest BCUT2D eigenvalue weighted by Crippen LogP contribution is 2.25. The average Bonchev–Trinajstić information content (AvgIpc) is 3.44. The fraction of sp³-hybridized carbons (Fsp3) is 0.143. The van der Waals surface area contributed by atoms with Crippen molar-refractivity contribution in [2.75, 3.05) is 0 Å². The molecule has 4 rings (SSSR count). The van der Waals surface area contributed by atoms with Crippen molar-refractivity contribution < 1.29 is 9.21 Å². The summed E-state index contributed by atoms with van der Waals surface area (Å²) >= 11 is 3.13. The molecular weight excluding hydrogens is 376 g/mol. The number of carbonyl (C=O) groups excluding carboxylic acids is 1. The third kappa shape index (κ3) is 4.18. The second kappa shape index (κ2) is 7.90. The molecule has 136 valence electrons. The second-order valence-electron chi connectivity index (χ2n) is 6.22. The van der Waals surface area contributed by atoms with Gasteiger partial charge in [0.1, 0.15) is 16.5 Å². The topological polar surface area (TPSA) is 46.3 Å². The van der Waals surface area contributed by atoms with Gasteiger partial charge < -0.3 is 9.32 Å². The summed E-state index contributed by atoms with van der Waals surface area (Å²) in [5.41, 5.74) is 2.70. The number of thiazole rings is 1. The largest absolute Gasteiger partial charge is 0.467 e. The number of aromatic nitrogens is 1. The number of carbonyl (C=O) groups is 1. The lowest BCUT2D eigenvalue weighted by molar-refractivity contribution is 0.0714. The molecule has 0 aliphatic carbocycles. The quantitative estimate of drug-likeness (QED) is 0.427. The second-order valence-corrected chi connectivity index (χ2v) is 8.11. The van der Waals surface area contributed by atoms with Gasteiger partial charge in [-0.2, -0.15) is 0 Å². The van der Waals surface area contributed by atoms with Crippen LogP contribution in [-0.2, 0) is 13.1 Å². The van der Waals surface area contributed by atoms with Gasteiger partial charge in [0.15, 0.2) is 0 Å². The van der Waals surface area contributed by atoms with Crippen molar-refractivity contribution in [3.8, 4) is 10.6 Å². The Kier molecular flexibility index (Phi) is 5.18. The Balaban J connectivity index is 1.58. The van der Waals surface area contributed by atoms with Gasteiger partial charge in [0, 0.05) is 15.8 Å². The van der Waals surface area contributed by atoms with Gasteiger partial charge in [-0.3, -0.25) is 4.79 Å². The fourth-order valence-electron chi connectivity index (χ4n) is 2.74. The monoisotopic (exact) mass is 394 g/mol. The minimum atomic E-state index is -0.0885. The maximum Gasteiger partial charge on any atom is 0.274 e. The predicted octanol–water partition coefficient (Wildman–Crippen LogP) is 5.62. The van der Waals surface area contributed by atoms with Gasteiger partial charge in [-0.1, -0.05) is 35.9 Å². The van der Waals surface area contributed by atoms with E-state index in [0.717, 1.165) is 21.2 Å².